The molecule has 1 aromatic heterocycles. The maximum Gasteiger partial charge on any atom is 0.00170 e. The third-order valence-corrected chi connectivity index (χ3v) is 3.73. The van der Waals surface area contributed by atoms with Crippen LogP contribution in [-0.2, 0) is 6.42 Å². The molecular weight excluding hydrogens is 214 g/mol. The first-order valence-corrected chi connectivity index (χ1v) is 6.46. The Hall–Kier alpha value is -1.12. The van der Waals surface area contributed by atoms with Gasteiger partial charge in [0.1, 0.15) is 0 Å². The summed E-state index contributed by atoms with van der Waals surface area (Å²) in [5, 5.41) is 2.24. The fourth-order valence-electron chi connectivity index (χ4n) is 1.95. The molecule has 1 nitrogen and oxygen atoms in total. The highest BCUT2D eigenvalue weighted by molar-refractivity contribution is 7.10. The molecule has 0 saturated heterocycles. The molecule has 1 unspecified atom stereocenters. The molecule has 0 spiro atoms. The lowest BCUT2D eigenvalue weighted by Gasteiger charge is -2.14. The average Bonchev–Trinajstić information content (AvgIpc) is 2.73. The molecule has 2 aromatic rings. The molecule has 1 atom stereocenters. The fraction of sp³-hybridized carbons (Fsp3) is 0.286. The number of thiophene rings is 1. The van der Waals surface area contributed by atoms with Crippen molar-refractivity contribution in [2.75, 3.05) is 6.54 Å². The standard InChI is InChI=1S/C14H17NS/c1-11-7-12(10-16-11)8-14(9-15)13-5-3-2-4-6-13/h2-7,10,14H,8-9,15H2,1H3. The summed E-state index contributed by atoms with van der Waals surface area (Å²) in [5.41, 5.74) is 8.61. The zero-order valence-corrected chi connectivity index (χ0v) is 10.3. The molecule has 0 amide bonds. The van der Waals surface area contributed by atoms with Gasteiger partial charge in [-0.15, -0.1) is 11.3 Å². The summed E-state index contributed by atoms with van der Waals surface area (Å²) in [6.45, 7) is 2.85. The van der Waals surface area contributed by atoms with Gasteiger partial charge in [-0.1, -0.05) is 30.3 Å². The van der Waals surface area contributed by atoms with Crippen molar-refractivity contribution >= 4 is 11.3 Å². The second-order valence-electron chi connectivity index (χ2n) is 4.11. The second kappa shape index (κ2) is 5.28. The summed E-state index contributed by atoms with van der Waals surface area (Å²) in [6.07, 6.45) is 1.05. The molecule has 0 aliphatic rings. The zero-order valence-electron chi connectivity index (χ0n) is 9.52. The Bertz CT molecular complexity index is 433. The Labute approximate surface area is 101 Å². The van der Waals surface area contributed by atoms with Crippen molar-refractivity contribution in [3.05, 3.63) is 57.8 Å². The molecular formula is C14H17NS. The molecule has 2 N–H and O–H groups in total. The summed E-state index contributed by atoms with van der Waals surface area (Å²) < 4.78 is 0. The van der Waals surface area contributed by atoms with E-state index >= 15 is 0 Å². The Morgan fingerprint density at radius 3 is 2.56 bits per heavy atom. The van der Waals surface area contributed by atoms with E-state index in [0.717, 1.165) is 6.42 Å². The summed E-state index contributed by atoms with van der Waals surface area (Å²) in [7, 11) is 0. The highest BCUT2D eigenvalue weighted by atomic mass is 32.1. The first-order valence-electron chi connectivity index (χ1n) is 5.58. The van der Waals surface area contributed by atoms with Gasteiger partial charge in [0.25, 0.3) is 0 Å². The molecule has 1 heterocycles. The topological polar surface area (TPSA) is 26.0 Å². The molecule has 0 saturated carbocycles. The molecule has 1 aromatic carbocycles. The van der Waals surface area contributed by atoms with Crippen LogP contribution in [0.4, 0.5) is 0 Å². The number of hydrogen-bond acceptors (Lipinski definition) is 2. The van der Waals surface area contributed by atoms with E-state index in [1.54, 1.807) is 0 Å². The molecule has 2 rings (SSSR count). The van der Waals surface area contributed by atoms with Crippen LogP contribution in [0, 0.1) is 6.92 Å². The van der Waals surface area contributed by atoms with Gasteiger partial charge < -0.3 is 5.73 Å². The lowest BCUT2D eigenvalue weighted by atomic mass is 9.93. The maximum atomic E-state index is 5.86. The molecule has 2 heteroatoms. The van der Waals surface area contributed by atoms with Crippen LogP contribution in [0.2, 0.25) is 0 Å². The minimum Gasteiger partial charge on any atom is -0.330 e. The summed E-state index contributed by atoms with van der Waals surface area (Å²) in [4.78, 5) is 1.37. The van der Waals surface area contributed by atoms with E-state index in [1.165, 1.54) is 16.0 Å². The lowest BCUT2D eigenvalue weighted by molar-refractivity contribution is 0.696. The predicted octanol–water partition coefficient (Wildman–Crippen LogP) is 3.34. The van der Waals surface area contributed by atoms with Crippen molar-refractivity contribution in [3.63, 3.8) is 0 Å². The Morgan fingerprint density at radius 1 is 1.25 bits per heavy atom. The highest BCUT2D eigenvalue weighted by Crippen LogP contribution is 2.22. The monoisotopic (exact) mass is 231 g/mol. The van der Waals surface area contributed by atoms with Gasteiger partial charge >= 0.3 is 0 Å². The minimum absolute atomic E-state index is 0.440. The van der Waals surface area contributed by atoms with Crippen molar-refractivity contribution < 1.29 is 0 Å². The van der Waals surface area contributed by atoms with E-state index in [1.807, 2.05) is 17.4 Å². The molecule has 0 aliphatic carbocycles. The lowest BCUT2D eigenvalue weighted by Crippen LogP contribution is -2.14. The summed E-state index contributed by atoms with van der Waals surface area (Å²) in [6, 6.07) is 12.8. The predicted molar refractivity (Wildman–Crippen MR) is 71.0 cm³/mol. The van der Waals surface area contributed by atoms with E-state index in [2.05, 4.69) is 42.6 Å². The Kier molecular flexibility index (Phi) is 3.75. The molecule has 0 aliphatic heterocycles. The molecule has 0 bridgehead atoms. The number of benzene rings is 1. The second-order valence-corrected chi connectivity index (χ2v) is 5.23. The van der Waals surface area contributed by atoms with Crippen LogP contribution in [0.1, 0.15) is 21.9 Å². The van der Waals surface area contributed by atoms with Crippen molar-refractivity contribution in [2.24, 2.45) is 5.73 Å². The quantitative estimate of drug-likeness (QED) is 0.858. The van der Waals surface area contributed by atoms with Crippen LogP contribution < -0.4 is 5.73 Å². The number of aryl methyl sites for hydroxylation is 1. The van der Waals surface area contributed by atoms with Gasteiger partial charge in [0.05, 0.1) is 0 Å². The van der Waals surface area contributed by atoms with Gasteiger partial charge in [0, 0.05) is 10.8 Å². The molecule has 0 fully saturated rings. The normalized spacial score (nSPS) is 12.6. The van der Waals surface area contributed by atoms with Crippen molar-refractivity contribution in [2.45, 2.75) is 19.3 Å². The van der Waals surface area contributed by atoms with E-state index in [4.69, 9.17) is 5.73 Å². The first kappa shape index (κ1) is 11.4. The molecule has 16 heavy (non-hydrogen) atoms. The van der Waals surface area contributed by atoms with Crippen LogP contribution in [0.15, 0.2) is 41.8 Å². The van der Waals surface area contributed by atoms with Gasteiger partial charge in [-0.2, -0.15) is 0 Å². The van der Waals surface area contributed by atoms with E-state index in [-0.39, 0.29) is 0 Å². The summed E-state index contributed by atoms with van der Waals surface area (Å²) in [5.74, 6) is 0.440. The largest absolute Gasteiger partial charge is 0.330 e. The van der Waals surface area contributed by atoms with Crippen LogP contribution in [0.3, 0.4) is 0 Å². The third-order valence-electron chi connectivity index (χ3n) is 2.82. The van der Waals surface area contributed by atoms with Gasteiger partial charge in [-0.05, 0) is 42.5 Å². The van der Waals surface area contributed by atoms with E-state index in [0.29, 0.717) is 12.5 Å². The van der Waals surface area contributed by atoms with Crippen molar-refractivity contribution in [1.29, 1.82) is 0 Å². The van der Waals surface area contributed by atoms with Gasteiger partial charge in [-0.25, -0.2) is 0 Å². The van der Waals surface area contributed by atoms with Gasteiger partial charge in [0.2, 0.25) is 0 Å². The average molecular weight is 231 g/mol. The Balaban J connectivity index is 2.12. The van der Waals surface area contributed by atoms with Crippen LogP contribution in [-0.4, -0.2) is 6.54 Å². The van der Waals surface area contributed by atoms with Crippen LogP contribution >= 0.6 is 11.3 Å². The van der Waals surface area contributed by atoms with E-state index in [9.17, 15) is 0 Å². The van der Waals surface area contributed by atoms with Crippen LogP contribution in [0.25, 0.3) is 0 Å². The minimum atomic E-state index is 0.440. The molecule has 84 valence electrons. The summed E-state index contributed by atoms with van der Waals surface area (Å²) >= 11 is 1.81. The number of nitrogens with two attached hydrogens (primary N) is 1. The number of rotatable bonds is 4. The highest BCUT2D eigenvalue weighted by Gasteiger charge is 2.10. The van der Waals surface area contributed by atoms with Gasteiger partial charge in [0.15, 0.2) is 0 Å². The SMILES string of the molecule is Cc1cc(CC(CN)c2ccccc2)cs1. The fourth-order valence-corrected chi connectivity index (χ4v) is 2.67. The van der Waals surface area contributed by atoms with Crippen molar-refractivity contribution in [1.82, 2.24) is 0 Å². The molecule has 0 radical (unpaired) electrons. The number of hydrogen-bond donors (Lipinski definition) is 1. The van der Waals surface area contributed by atoms with E-state index < -0.39 is 0 Å². The maximum absolute atomic E-state index is 5.86. The first-order chi connectivity index (χ1) is 7.79. The zero-order chi connectivity index (χ0) is 11.4. The Morgan fingerprint density at radius 2 is 2.00 bits per heavy atom. The third kappa shape index (κ3) is 2.71. The smallest absolute Gasteiger partial charge is 0.00170 e. The van der Waals surface area contributed by atoms with Crippen molar-refractivity contribution in [3.8, 4) is 0 Å². The van der Waals surface area contributed by atoms with Gasteiger partial charge in [-0.3, -0.25) is 0 Å². The van der Waals surface area contributed by atoms with Crippen LogP contribution in [0.5, 0.6) is 0 Å².